The first-order valence-corrected chi connectivity index (χ1v) is 7.10. The van der Waals surface area contributed by atoms with Gasteiger partial charge in [-0.1, -0.05) is 18.2 Å². The molecule has 0 saturated carbocycles. The zero-order valence-corrected chi connectivity index (χ0v) is 12.0. The highest BCUT2D eigenvalue weighted by Gasteiger charge is 2.21. The van der Waals surface area contributed by atoms with Gasteiger partial charge in [-0.3, -0.25) is 15.2 Å². The number of H-pyrrole nitrogens is 1. The molecule has 20 heavy (non-hydrogen) atoms. The number of thioether (sulfide) groups is 1. The lowest BCUT2D eigenvalue weighted by Crippen LogP contribution is -2.27. The Bertz CT molecular complexity index is 823. The topological polar surface area (TPSA) is 75.6 Å². The third kappa shape index (κ3) is 1.90. The van der Waals surface area contributed by atoms with Crippen molar-refractivity contribution in [1.82, 2.24) is 25.3 Å². The lowest BCUT2D eigenvalue weighted by atomic mass is 10.2. The van der Waals surface area contributed by atoms with Crippen LogP contribution in [0.25, 0.3) is 21.9 Å². The molecule has 2 aromatic heterocycles. The third-order valence-electron chi connectivity index (χ3n) is 3.25. The van der Waals surface area contributed by atoms with Crippen molar-refractivity contribution in [3.05, 3.63) is 34.6 Å². The summed E-state index contributed by atoms with van der Waals surface area (Å²) in [6.45, 7) is 0.906. The van der Waals surface area contributed by atoms with E-state index in [9.17, 15) is 4.79 Å². The molecule has 8 heteroatoms. The quantitative estimate of drug-likeness (QED) is 0.712. The summed E-state index contributed by atoms with van der Waals surface area (Å²) in [4.78, 5) is 12.3. The molecule has 2 N–H and O–H groups in total. The van der Waals surface area contributed by atoms with E-state index in [2.05, 4.69) is 20.6 Å². The normalized spacial score (nSPS) is 18.5. The van der Waals surface area contributed by atoms with Crippen molar-refractivity contribution < 1.29 is 0 Å². The van der Waals surface area contributed by atoms with Gasteiger partial charge >= 0.3 is 0 Å². The molecule has 1 aromatic carbocycles. The van der Waals surface area contributed by atoms with Crippen LogP contribution in [0.3, 0.4) is 0 Å². The number of aromatic nitrogens is 4. The van der Waals surface area contributed by atoms with Gasteiger partial charge in [0.05, 0.1) is 11.0 Å². The molecular formula is C12H12ClN5OS. The van der Waals surface area contributed by atoms with E-state index >= 15 is 0 Å². The average molecular weight is 310 g/mol. The Labute approximate surface area is 124 Å². The van der Waals surface area contributed by atoms with Gasteiger partial charge in [-0.2, -0.15) is 0 Å². The minimum Gasteiger partial charge on any atom is -0.290 e. The Balaban J connectivity index is 0.00000121. The van der Waals surface area contributed by atoms with Crippen LogP contribution in [-0.4, -0.2) is 32.3 Å². The molecule has 0 bridgehead atoms. The standard InChI is InChI=1S/C12H11N5OS.ClH/c18-11-10-9(16-17(11)12-13-5-6-19-12)7-3-1-2-4-8(7)14-15-10;/h1-4,12-13,16H,5-6H2;1H. The fourth-order valence-corrected chi connectivity index (χ4v) is 3.34. The first-order chi connectivity index (χ1) is 9.34. The van der Waals surface area contributed by atoms with E-state index in [1.54, 1.807) is 16.4 Å². The van der Waals surface area contributed by atoms with Gasteiger partial charge in [0, 0.05) is 17.7 Å². The number of halogens is 1. The van der Waals surface area contributed by atoms with Gasteiger partial charge in [-0.25, -0.2) is 4.68 Å². The number of aromatic amines is 1. The highest BCUT2D eigenvalue weighted by molar-refractivity contribution is 7.99. The Morgan fingerprint density at radius 3 is 2.95 bits per heavy atom. The maximum atomic E-state index is 12.3. The maximum absolute atomic E-state index is 12.3. The number of benzene rings is 1. The number of hydrogen-bond donors (Lipinski definition) is 2. The van der Waals surface area contributed by atoms with E-state index in [-0.39, 0.29) is 23.5 Å². The average Bonchev–Trinajstić information content (AvgIpc) is 3.07. The number of hydrogen-bond acceptors (Lipinski definition) is 5. The summed E-state index contributed by atoms with van der Waals surface area (Å²) < 4.78 is 1.60. The molecule has 1 fully saturated rings. The van der Waals surface area contributed by atoms with Crippen molar-refractivity contribution >= 4 is 46.1 Å². The third-order valence-corrected chi connectivity index (χ3v) is 4.39. The van der Waals surface area contributed by atoms with Crippen LogP contribution in [-0.2, 0) is 0 Å². The molecular weight excluding hydrogens is 298 g/mol. The van der Waals surface area contributed by atoms with E-state index in [0.717, 1.165) is 28.7 Å². The van der Waals surface area contributed by atoms with Crippen LogP contribution < -0.4 is 10.9 Å². The van der Waals surface area contributed by atoms with E-state index < -0.39 is 0 Å². The summed E-state index contributed by atoms with van der Waals surface area (Å²) in [5.41, 5.74) is 1.77. The van der Waals surface area contributed by atoms with Crippen molar-refractivity contribution in [2.45, 2.75) is 5.50 Å². The number of nitrogens with one attached hydrogen (secondary N) is 2. The number of nitrogens with zero attached hydrogens (tertiary/aromatic N) is 3. The Morgan fingerprint density at radius 2 is 2.15 bits per heavy atom. The van der Waals surface area contributed by atoms with Gasteiger partial charge in [-0.15, -0.1) is 34.4 Å². The van der Waals surface area contributed by atoms with Crippen molar-refractivity contribution in [1.29, 1.82) is 0 Å². The minimum absolute atomic E-state index is 0. The van der Waals surface area contributed by atoms with Gasteiger partial charge in [0.2, 0.25) is 0 Å². The summed E-state index contributed by atoms with van der Waals surface area (Å²) in [7, 11) is 0. The van der Waals surface area contributed by atoms with Crippen LogP contribution in [0.2, 0.25) is 0 Å². The van der Waals surface area contributed by atoms with E-state index in [1.165, 1.54) is 0 Å². The number of rotatable bonds is 1. The summed E-state index contributed by atoms with van der Waals surface area (Å²) in [5, 5.41) is 15.5. The van der Waals surface area contributed by atoms with Gasteiger partial charge in [-0.05, 0) is 6.07 Å². The Hall–Kier alpha value is -1.57. The molecule has 1 unspecified atom stereocenters. The van der Waals surface area contributed by atoms with Gasteiger partial charge in [0.1, 0.15) is 0 Å². The number of fused-ring (bicyclic) bond motifs is 3. The zero-order chi connectivity index (χ0) is 12.8. The van der Waals surface area contributed by atoms with E-state index in [1.807, 2.05) is 24.3 Å². The minimum atomic E-state index is -0.125. The highest BCUT2D eigenvalue weighted by atomic mass is 35.5. The molecule has 1 aliphatic heterocycles. The molecule has 3 aromatic rings. The largest absolute Gasteiger partial charge is 0.297 e. The molecule has 0 spiro atoms. The molecule has 4 rings (SSSR count). The molecule has 1 aliphatic rings. The molecule has 1 saturated heterocycles. The Kier molecular flexibility index (Phi) is 3.41. The SMILES string of the molecule is Cl.O=c1c2nnc3ccccc3c2[nH]n1C1NCCS1. The van der Waals surface area contributed by atoms with Crippen LogP contribution in [0, 0.1) is 0 Å². The van der Waals surface area contributed by atoms with Gasteiger partial charge in [0.25, 0.3) is 5.56 Å². The van der Waals surface area contributed by atoms with Crippen molar-refractivity contribution in [2.24, 2.45) is 0 Å². The van der Waals surface area contributed by atoms with Crippen molar-refractivity contribution in [2.75, 3.05) is 12.3 Å². The van der Waals surface area contributed by atoms with Crippen LogP contribution in [0.4, 0.5) is 0 Å². The monoisotopic (exact) mass is 309 g/mol. The zero-order valence-electron chi connectivity index (χ0n) is 10.4. The molecule has 0 aliphatic carbocycles. The lowest BCUT2D eigenvalue weighted by Gasteiger charge is -2.08. The summed E-state index contributed by atoms with van der Waals surface area (Å²) >= 11 is 1.70. The molecule has 6 nitrogen and oxygen atoms in total. The second kappa shape index (κ2) is 5.08. The summed E-state index contributed by atoms with van der Waals surface area (Å²) in [6, 6.07) is 7.68. The second-order valence-electron chi connectivity index (χ2n) is 4.40. The van der Waals surface area contributed by atoms with Crippen LogP contribution in [0.1, 0.15) is 5.50 Å². The second-order valence-corrected chi connectivity index (χ2v) is 5.59. The first kappa shape index (κ1) is 13.4. The van der Waals surface area contributed by atoms with Crippen LogP contribution >= 0.6 is 24.2 Å². The van der Waals surface area contributed by atoms with E-state index in [4.69, 9.17) is 0 Å². The molecule has 3 heterocycles. The highest BCUT2D eigenvalue weighted by Crippen LogP contribution is 2.24. The Morgan fingerprint density at radius 1 is 1.30 bits per heavy atom. The molecule has 104 valence electrons. The molecule has 0 amide bonds. The van der Waals surface area contributed by atoms with E-state index in [0.29, 0.717) is 5.52 Å². The van der Waals surface area contributed by atoms with Gasteiger partial charge < -0.3 is 0 Å². The lowest BCUT2D eigenvalue weighted by molar-refractivity contribution is 0.522. The summed E-state index contributed by atoms with van der Waals surface area (Å²) in [5.74, 6) is 0.999. The summed E-state index contributed by atoms with van der Waals surface area (Å²) in [6.07, 6.45) is 0. The van der Waals surface area contributed by atoms with Crippen molar-refractivity contribution in [3.63, 3.8) is 0 Å². The fraction of sp³-hybridized carbons (Fsp3) is 0.250. The van der Waals surface area contributed by atoms with Crippen LogP contribution in [0.5, 0.6) is 0 Å². The first-order valence-electron chi connectivity index (χ1n) is 6.05. The predicted molar refractivity (Wildman–Crippen MR) is 82.4 cm³/mol. The van der Waals surface area contributed by atoms with Gasteiger partial charge in [0.15, 0.2) is 11.0 Å². The smallest absolute Gasteiger partial charge is 0.290 e. The molecule has 1 atom stereocenters. The van der Waals surface area contributed by atoms with Crippen LogP contribution in [0.15, 0.2) is 29.1 Å². The molecule has 0 radical (unpaired) electrons. The van der Waals surface area contributed by atoms with Crippen molar-refractivity contribution in [3.8, 4) is 0 Å². The fourth-order valence-electron chi connectivity index (χ4n) is 2.34. The maximum Gasteiger partial charge on any atom is 0.297 e. The predicted octanol–water partition coefficient (Wildman–Crippen LogP) is 1.49.